The lowest BCUT2D eigenvalue weighted by atomic mass is 10.0. The van der Waals surface area contributed by atoms with E-state index in [1.54, 1.807) is 19.2 Å². The van der Waals surface area contributed by atoms with Crippen LogP contribution in [0.15, 0.2) is 24.3 Å². The molecule has 1 aromatic rings. The minimum Gasteiger partial charge on any atom is -0.344 e. The van der Waals surface area contributed by atoms with E-state index in [1.165, 1.54) is 12.2 Å². The highest BCUT2D eigenvalue weighted by atomic mass is 16.7. The third-order valence-electron chi connectivity index (χ3n) is 3.05. The monoisotopic (exact) mass is 251 g/mol. The van der Waals surface area contributed by atoms with Gasteiger partial charge in [-0.2, -0.15) is 0 Å². The topological polar surface area (TPSA) is 48.0 Å². The van der Waals surface area contributed by atoms with Crippen LogP contribution >= 0.6 is 0 Å². The van der Waals surface area contributed by atoms with Crippen LogP contribution < -0.4 is 0 Å². The zero-order chi connectivity index (χ0) is 13.2. The summed E-state index contributed by atoms with van der Waals surface area (Å²) in [5, 5.41) is 1.18. The molecule has 1 aromatic carbocycles. The van der Waals surface area contributed by atoms with Gasteiger partial charge >= 0.3 is 0 Å². The second-order valence-corrected chi connectivity index (χ2v) is 4.21. The summed E-state index contributed by atoms with van der Waals surface area (Å²) in [6.07, 6.45) is 0. The van der Waals surface area contributed by atoms with Crippen molar-refractivity contribution < 1.29 is 19.1 Å². The predicted molar refractivity (Wildman–Crippen MR) is 64.8 cm³/mol. The van der Waals surface area contributed by atoms with Crippen LogP contribution in [0.25, 0.3) is 0 Å². The number of rotatable bonds is 3. The Balaban J connectivity index is 2.17. The Hall–Kier alpha value is -1.43. The van der Waals surface area contributed by atoms with Gasteiger partial charge in [0.05, 0.1) is 20.3 Å². The molecule has 2 rings (SSSR count). The average molecular weight is 251 g/mol. The maximum absolute atomic E-state index is 11.8. The molecule has 1 aliphatic rings. The molecular weight excluding hydrogens is 234 g/mol. The Morgan fingerprint density at radius 3 is 2.33 bits per heavy atom. The van der Waals surface area contributed by atoms with Gasteiger partial charge in [0.2, 0.25) is 0 Å². The van der Waals surface area contributed by atoms with Crippen LogP contribution in [0.1, 0.15) is 22.8 Å². The Morgan fingerprint density at radius 2 is 1.83 bits per heavy atom. The van der Waals surface area contributed by atoms with Gasteiger partial charge in [0.1, 0.15) is 0 Å². The van der Waals surface area contributed by atoms with Crippen molar-refractivity contribution in [1.29, 1.82) is 0 Å². The second kappa shape index (κ2) is 5.06. The molecule has 0 spiro atoms. The van der Waals surface area contributed by atoms with Crippen molar-refractivity contribution in [3.63, 3.8) is 0 Å². The first-order chi connectivity index (χ1) is 8.57. The Morgan fingerprint density at radius 1 is 1.28 bits per heavy atom. The maximum Gasteiger partial charge on any atom is 0.277 e. The summed E-state index contributed by atoms with van der Waals surface area (Å²) >= 11 is 0. The van der Waals surface area contributed by atoms with E-state index in [4.69, 9.17) is 14.3 Å². The number of carbonyl (C=O) groups is 1. The van der Waals surface area contributed by atoms with Crippen molar-refractivity contribution in [1.82, 2.24) is 5.06 Å². The Labute approximate surface area is 106 Å². The first-order valence-corrected chi connectivity index (χ1v) is 5.77. The molecule has 0 N–H and O–H groups in total. The van der Waals surface area contributed by atoms with Crippen molar-refractivity contribution in [2.75, 3.05) is 27.4 Å². The first-order valence-electron chi connectivity index (χ1n) is 5.77. The van der Waals surface area contributed by atoms with E-state index in [-0.39, 0.29) is 5.91 Å². The number of nitrogens with zero attached hydrogens (tertiary/aromatic N) is 1. The van der Waals surface area contributed by atoms with Crippen LogP contribution in [-0.4, -0.2) is 38.3 Å². The van der Waals surface area contributed by atoms with Crippen molar-refractivity contribution in [2.45, 2.75) is 12.7 Å². The molecule has 0 aromatic heterocycles. The molecule has 0 saturated carbocycles. The quantitative estimate of drug-likeness (QED) is 0.765. The van der Waals surface area contributed by atoms with E-state index in [1.807, 2.05) is 19.1 Å². The van der Waals surface area contributed by atoms with Gasteiger partial charge in [-0.25, -0.2) is 5.06 Å². The molecule has 1 saturated heterocycles. The third-order valence-corrected chi connectivity index (χ3v) is 3.05. The average Bonchev–Trinajstić information content (AvgIpc) is 2.85. The summed E-state index contributed by atoms with van der Waals surface area (Å²) in [5.41, 5.74) is 1.46. The molecular formula is C13H17NO4. The van der Waals surface area contributed by atoms with Crippen LogP contribution in [0.3, 0.4) is 0 Å². The van der Waals surface area contributed by atoms with E-state index in [9.17, 15) is 4.79 Å². The molecule has 5 nitrogen and oxygen atoms in total. The van der Waals surface area contributed by atoms with Gasteiger partial charge in [-0.1, -0.05) is 12.1 Å². The van der Waals surface area contributed by atoms with Gasteiger partial charge in [-0.3, -0.25) is 9.63 Å². The fourth-order valence-corrected chi connectivity index (χ4v) is 1.86. The van der Waals surface area contributed by atoms with Crippen molar-refractivity contribution >= 4 is 5.91 Å². The molecule has 1 fully saturated rings. The van der Waals surface area contributed by atoms with Crippen LogP contribution in [0, 0.1) is 0 Å². The van der Waals surface area contributed by atoms with Crippen LogP contribution in [0.2, 0.25) is 0 Å². The molecule has 0 atom stereocenters. The highest BCUT2D eigenvalue weighted by molar-refractivity contribution is 5.93. The molecule has 0 aliphatic carbocycles. The van der Waals surface area contributed by atoms with Crippen molar-refractivity contribution in [3.05, 3.63) is 35.4 Å². The molecule has 5 heteroatoms. The molecule has 0 unspecified atom stereocenters. The van der Waals surface area contributed by atoms with E-state index in [0.717, 1.165) is 5.56 Å². The molecule has 18 heavy (non-hydrogen) atoms. The molecule has 98 valence electrons. The second-order valence-electron chi connectivity index (χ2n) is 4.21. The van der Waals surface area contributed by atoms with E-state index in [0.29, 0.717) is 18.8 Å². The smallest absolute Gasteiger partial charge is 0.277 e. The third kappa shape index (κ3) is 2.38. The Bertz CT molecular complexity index is 423. The number of hydroxylamine groups is 2. The van der Waals surface area contributed by atoms with Crippen LogP contribution in [-0.2, 0) is 20.1 Å². The normalized spacial score (nSPS) is 17.7. The van der Waals surface area contributed by atoms with E-state index in [2.05, 4.69) is 0 Å². The molecule has 0 radical (unpaired) electrons. The van der Waals surface area contributed by atoms with Gasteiger partial charge in [0.15, 0.2) is 5.79 Å². The van der Waals surface area contributed by atoms with Crippen LogP contribution in [0.5, 0.6) is 0 Å². The fourth-order valence-electron chi connectivity index (χ4n) is 1.86. The highest BCUT2D eigenvalue weighted by Crippen LogP contribution is 2.30. The fraction of sp³-hybridized carbons (Fsp3) is 0.462. The maximum atomic E-state index is 11.8. The SMILES string of the molecule is CON(C)C(=O)c1ccc(C2(C)OCCO2)cc1. The lowest BCUT2D eigenvalue weighted by Crippen LogP contribution is -2.26. The summed E-state index contributed by atoms with van der Waals surface area (Å²) in [6.45, 7) is 3.05. The van der Waals surface area contributed by atoms with Gasteiger partial charge < -0.3 is 9.47 Å². The minimum atomic E-state index is -0.700. The summed E-state index contributed by atoms with van der Waals surface area (Å²) in [4.78, 5) is 16.7. The molecule has 1 amide bonds. The largest absolute Gasteiger partial charge is 0.344 e. The summed E-state index contributed by atoms with van der Waals surface area (Å²) in [6, 6.07) is 7.15. The number of carbonyl (C=O) groups excluding carboxylic acids is 1. The highest BCUT2D eigenvalue weighted by Gasteiger charge is 2.33. The van der Waals surface area contributed by atoms with Gasteiger partial charge in [-0.05, 0) is 19.1 Å². The lowest BCUT2D eigenvalue weighted by molar-refractivity contribution is -0.149. The molecule has 0 bridgehead atoms. The van der Waals surface area contributed by atoms with E-state index >= 15 is 0 Å². The number of hydrogen-bond acceptors (Lipinski definition) is 4. The van der Waals surface area contributed by atoms with Crippen molar-refractivity contribution in [3.8, 4) is 0 Å². The Kier molecular flexibility index (Phi) is 3.65. The lowest BCUT2D eigenvalue weighted by Gasteiger charge is -2.23. The minimum absolute atomic E-state index is 0.192. The zero-order valence-corrected chi connectivity index (χ0v) is 10.8. The number of ether oxygens (including phenoxy) is 2. The number of hydrogen-bond donors (Lipinski definition) is 0. The number of benzene rings is 1. The van der Waals surface area contributed by atoms with E-state index < -0.39 is 5.79 Å². The molecule has 1 heterocycles. The van der Waals surface area contributed by atoms with Crippen LogP contribution in [0.4, 0.5) is 0 Å². The van der Waals surface area contributed by atoms with Gasteiger partial charge in [0.25, 0.3) is 5.91 Å². The molecule has 1 aliphatic heterocycles. The van der Waals surface area contributed by atoms with Gasteiger partial charge in [-0.15, -0.1) is 0 Å². The zero-order valence-electron chi connectivity index (χ0n) is 10.8. The predicted octanol–water partition coefficient (Wildman–Crippen LogP) is 1.54. The summed E-state index contributed by atoms with van der Waals surface area (Å²) in [5.74, 6) is -0.892. The van der Waals surface area contributed by atoms with Crippen molar-refractivity contribution in [2.24, 2.45) is 0 Å². The summed E-state index contributed by atoms with van der Waals surface area (Å²) < 4.78 is 11.1. The van der Waals surface area contributed by atoms with Gasteiger partial charge in [0, 0.05) is 18.2 Å². The standard InChI is InChI=1S/C13H17NO4/c1-13(17-8-9-18-13)11-6-4-10(5-7-11)12(15)14(2)16-3/h4-7H,8-9H2,1-3H3. The summed E-state index contributed by atoms with van der Waals surface area (Å²) in [7, 11) is 3.02. The number of amides is 1. The first kappa shape index (κ1) is 13.0.